The van der Waals surface area contributed by atoms with E-state index in [2.05, 4.69) is 5.10 Å². The van der Waals surface area contributed by atoms with Gasteiger partial charge in [-0.2, -0.15) is 5.10 Å². The van der Waals surface area contributed by atoms with Gasteiger partial charge < -0.3 is 10.5 Å². The van der Waals surface area contributed by atoms with Crippen LogP contribution in [0.1, 0.15) is 12.6 Å². The summed E-state index contributed by atoms with van der Waals surface area (Å²) in [6.45, 7) is 4.47. The van der Waals surface area contributed by atoms with Crippen molar-refractivity contribution in [2.45, 2.75) is 13.8 Å². The van der Waals surface area contributed by atoms with Gasteiger partial charge in [-0.25, -0.2) is 4.68 Å². The maximum atomic E-state index is 5.78. The summed E-state index contributed by atoms with van der Waals surface area (Å²) >= 11 is 0. The van der Waals surface area contributed by atoms with E-state index in [1.807, 2.05) is 38.1 Å². The third kappa shape index (κ3) is 1.86. The zero-order valence-corrected chi connectivity index (χ0v) is 9.47. The zero-order chi connectivity index (χ0) is 11.5. The minimum absolute atomic E-state index is 0.632. The molecule has 1 aromatic carbocycles. The number of nitrogens with two attached hydrogens (primary N) is 1. The number of hydrogen-bond donors (Lipinski definition) is 1. The monoisotopic (exact) mass is 217 g/mol. The Bertz CT molecular complexity index is 471. The van der Waals surface area contributed by atoms with Crippen LogP contribution < -0.4 is 10.5 Å². The second kappa shape index (κ2) is 4.26. The second-order valence-corrected chi connectivity index (χ2v) is 3.52. The van der Waals surface area contributed by atoms with Crippen molar-refractivity contribution in [1.29, 1.82) is 0 Å². The molecule has 0 fully saturated rings. The Labute approximate surface area is 94.6 Å². The highest BCUT2D eigenvalue weighted by atomic mass is 16.5. The normalized spacial score (nSPS) is 10.4. The molecule has 0 radical (unpaired) electrons. The Kier molecular flexibility index (Phi) is 2.81. The lowest BCUT2D eigenvalue weighted by atomic mass is 10.3. The Morgan fingerprint density at radius 2 is 2.12 bits per heavy atom. The number of nitrogen functional groups attached to an aromatic ring is 1. The van der Waals surface area contributed by atoms with Crippen molar-refractivity contribution in [3.05, 3.63) is 36.2 Å². The van der Waals surface area contributed by atoms with E-state index in [1.54, 1.807) is 10.9 Å². The molecule has 2 N–H and O–H groups in total. The molecule has 0 aliphatic rings. The second-order valence-electron chi connectivity index (χ2n) is 3.52. The van der Waals surface area contributed by atoms with Gasteiger partial charge in [0.05, 0.1) is 24.2 Å². The van der Waals surface area contributed by atoms with Gasteiger partial charge in [-0.1, -0.05) is 12.1 Å². The van der Waals surface area contributed by atoms with Gasteiger partial charge in [0.15, 0.2) is 0 Å². The highest BCUT2D eigenvalue weighted by Crippen LogP contribution is 2.23. The van der Waals surface area contributed by atoms with Gasteiger partial charge in [0, 0.05) is 0 Å². The van der Waals surface area contributed by atoms with Crippen LogP contribution >= 0.6 is 0 Å². The van der Waals surface area contributed by atoms with E-state index >= 15 is 0 Å². The number of ether oxygens (including phenoxy) is 1. The lowest BCUT2D eigenvalue weighted by molar-refractivity contribution is 0.338. The van der Waals surface area contributed by atoms with Crippen LogP contribution in [0.15, 0.2) is 30.5 Å². The van der Waals surface area contributed by atoms with Crippen LogP contribution in [0.4, 0.5) is 5.69 Å². The largest absolute Gasteiger partial charge is 0.492 e. The van der Waals surface area contributed by atoms with Gasteiger partial charge in [-0.05, 0) is 26.0 Å². The Hall–Kier alpha value is -1.97. The molecule has 0 bridgehead atoms. The van der Waals surface area contributed by atoms with Crippen LogP contribution in [0, 0.1) is 6.92 Å². The summed E-state index contributed by atoms with van der Waals surface area (Å²) in [7, 11) is 0. The van der Waals surface area contributed by atoms with Gasteiger partial charge in [-0.15, -0.1) is 0 Å². The van der Waals surface area contributed by atoms with Gasteiger partial charge in [-0.3, -0.25) is 0 Å². The molecule has 0 amide bonds. The molecule has 16 heavy (non-hydrogen) atoms. The topological polar surface area (TPSA) is 53.1 Å². The molecule has 1 heterocycles. The number of rotatable bonds is 3. The first-order valence-corrected chi connectivity index (χ1v) is 5.26. The van der Waals surface area contributed by atoms with Crippen LogP contribution in [-0.2, 0) is 0 Å². The van der Waals surface area contributed by atoms with Crippen LogP contribution in [-0.4, -0.2) is 16.4 Å². The van der Waals surface area contributed by atoms with Crippen molar-refractivity contribution in [2.75, 3.05) is 12.3 Å². The first-order valence-electron chi connectivity index (χ1n) is 5.26. The Morgan fingerprint density at radius 3 is 2.75 bits per heavy atom. The van der Waals surface area contributed by atoms with Crippen molar-refractivity contribution in [3.8, 4) is 11.4 Å². The number of nitrogens with zero attached hydrogens (tertiary/aromatic N) is 2. The molecular formula is C12H15N3O. The highest BCUT2D eigenvalue weighted by Gasteiger charge is 2.07. The molecule has 4 nitrogen and oxygen atoms in total. The molecule has 0 saturated heterocycles. The lowest BCUT2D eigenvalue weighted by Crippen LogP contribution is -2.00. The molecule has 0 unspecified atom stereocenters. The molecule has 0 spiro atoms. The minimum atomic E-state index is 0.632. The van der Waals surface area contributed by atoms with E-state index in [0.29, 0.717) is 12.3 Å². The average Bonchev–Trinajstić information content (AvgIpc) is 2.60. The van der Waals surface area contributed by atoms with Gasteiger partial charge >= 0.3 is 0 Å². The van der Waals surface area contributed by atoms with Gasteiger partial charge in [0.1, 0.15) is 11.4 Å². The fourth-order valence-corrected chi connectivity index (χ4v) is 1.52. The van der Waals surface area contributed by atoms with Crippen LogP contribution in [0.25, 0.3) is 5.69 Å². The molecule has 0 atom stereocenters. The number of para-hydroxylation sites is 2. The quantitative estimate of drug-likeness (QED) is 0.857. The predicted octanol–water partition coefficient (Wildman–Crippen LogP) is 2.16. The molecule has 1 aromatic heterocycles. The maximum Gasteiger partial charge on any atom is 0.144 e. The first-order chi connectivity index (χ1) is 7.72. The summed E-state index contributed by atoms with van der Waals surface area (Å²) in [5.41, 5.74) is 8.20. The zero-order valence-electron chi connectivity index (χ0n) is 9.47. The van der Waals surface area contributed by atoms with Crippen LogP contribution in [0.5, 0.6) is 5.75 Å². The Balaban J connectivity index is 2.46. The smallest absolute Gasteiger partial charge is 0.144 e. The van der Waals surface area contributed by atoms with Crippen LogP contribution in [0.2, 0.25) is 0 Å². The van der Waals surface area contributed by atoms with Gasteiger partial charge in [0.25, 0.3) is 0 Å². The number of anilines is 1. The number of aromatic nitrogens is 2. The summed E-state index contributed by atoms with van der Waals surface area (Å²) in [6, 6.07) is 7.77. The van der Waals surface area contributed by atoms with E-state index < -0.39 is 0 Å². The number of benzene rings is 1. The number of hydrogen-bond acceptors (Lipinski definition) is 3. The maximum absolute atomic E-state index is 5.78. The van der Waals surface area contributed by atoms with Crippen molar-refractivity contribution < 1.29 is 4.74 Å². The highest BCUT2D eigenvalue weighted by molar-refractivity contribution is 5.49. The Morgan fingerprint density at radius 1 is 1.38 bits per heavy atom. The minimum Gasteiger partial charge on any atom is -0.492 e. The fourth-order valence-electron chi connectivity index (χ4n) is 1.52. The van der Waals surface area contributed by atoms with Crippen LogP contribution in [0.3, 0.4) is 0 Å². The average molecular weight is 217 g/mol. The standard InChI is InChI=1S/C12H15N3O/c1-3-16-12-7-5-4-6-11(12)15-8-10(13)9(2)14-15/h4-8H,3,13H2,1-2H3. The van der Waals surface area contributed by atoms with E-state index in [4.69, 9.17) is 10.5 Å². The lowest BCUT2D eigenvalue weighted by Gasteiger charge is -2.09. The molecule has 0 aliphatic heterocycles. The van der Waals surface area contributed by atoms with E-state index in [-0.39, 0.29) is 0 Å². The number of aryl methyl sites for hydroxylation is 1. The third-order valence-corrected chi connectivity index (χ3v) is 2.35. The summed E-state index contributed by atoms with van der Waals surface area (Å²) in [5.74, 6) is 0.813. The van der Waals surface area contributed by atoms with Crippen molar-refractivity contribution in [3.63, 3.8) is 0 Å². The predicted molar refractivity (Wildman–Crippen MR) is 63.9 cm³/mol. The SMILES string of the molecule is CCOc1ccccc1-n1cc(N)c(C)n1. The molecule has 0 saturated carbocycles. The summed E-state index contributed by atoms with van der Waals surface area (Å²) in [6.07, 6.45) is 1.80. The molecule has 0 aliphatic carbocycles. The van der Waals surface area contributed by atoms with Gasteiger partial charge in [0.2, 0.25) is 0 Å². The summed E-state index contributed by atoms with van der Waals surface area (Å²) < 4.78 is 7.28. The van der Waals surface area contributed by atoms with E-state index in [9.17, 15) is 0 Å². The van der Waals surface area contributed by atoms with E-state index in [0.717, 1.165) is 17.1 Å². The van der Waals surface area contributed by atoms with E-state index in [1.165, 1.54) is 0 Å². The summed E-state index contributed by atoms with van der Waals surface area (Å²) in [4.78, 5) is 0. The molecular weight excluding hydrogens is 202 g/mol. The molecule has 4 heteroatoms. The summed E-state index contributed by atoms with van der Waals surface area (Å²) in [5, 5.41) is 4.34. The molecule has 2 aromatic rings. The molecule has 84 valence electrons. The van der Waals surface area contributed by atoms with Crippen molar-refractivity contribution >= 4 is 5.69 Å². The van der Waals surface area contributed by atoms with Crippen molar-refractivity contribution in [2.24, 2.45) is 0 Å². The first kappa shape index (κ1) is 10.5. The van der Waals surface area contributed by atoms with Crippen molar-refractivity contribution in [1.82, 2.24) is 9.78 Å². The third-order valence-electron chi connectivity index (χ3n) is 2.35. The molecule has 2 rings (SSSR count). The fraction of sp³-hybridized carbons (Fsp3) is 0.250.